The summed E-state index contributed by atoms with van der Waals surface area (Å²) in [5, 5.41) is -0.398. The summed E-state index contributed by atoms with van der Waals surface area (Å²) in [6, 6.07) is 2.65. The lowest BCUT2D eigenvalue weighted by molar-refractivity contribution is -0.0396. The first kappa shape index (κ1) is 15.8. The first-order chi connectivity index (χ1) is 11.6. The highest BCUT2D eigenvalue weighted by molar-refractivity contribution is 6.35. The van der Waals surface area contributed by atoms with Crippen LogP contribution in [0.15, 0.2) is 12.1 Å². The molecule has 128 valence electrons. The second-order valence-electron chi connectivity index (χ2n) is 6.11. The van der Waals surface area contributed by atoms with Gasteiger partial charge in [0.15, 0.2) is 5.82 Å². The summed E-state index contributed by atoms with van der Waals surface area (Å²) < 4.78 is 33.6. The molecule has 2 fully saturated rings. The topological polar surface area (TPSA) is 48.6 Å². The number of ether oxygens (including phenoxy) is 1. The van der Waals surface area contributed by atoms with Gasteiger partial charge in [-0.3, -0.25) is 9.69 Å². The summed E-state index contributed by atoms with van der Waals surface area (Å²) in [7, 11) is 0. The Kier molecular flexibility index (Phi) is 3.94. The van der Waals surface area contributed by atoms with Crippen LogP contribution in [0.4, 0.5) is 8.78 Å². The van der Waals surface area contributed by atoms with Crippen molar-refractivity contribution in [1.82, 2.24) is 14.8 Å². The van der Waals surface area contributed by atoms with Gasteiger partial charge < -0.3 is 14.6 Å². The summed E-state index contributed by atoms with van der Waals surface area (Å²) in [5.74, 6) is -1.96. The fourth-order valence-electron chi connectivity index (χ4n) is 3.42. The first-order valence-electron chi connectivity index (χ1n) is 7.82. The maximum atomic E-state index is 14.6. The van der Waals surface area contributed by atoms with E-state index in [1.807, 2.05) is 0 Å². The van der Waals surface area contributed by atoms with Crippen LogP contribution in [-0.2, 0) is 4.74 Å². The molecule has 1 amide bonds. The van der Waals surface area contributed by atoms with E-state index in [4.69, 9.17) is 16.3 Å². The molecule has 2 aliphatic heterocycles. The number of piperazine rings is 1. The third-order valence-corrected chi connectivity index (χ3v) is 5.10. The van der Waals surface area contributed by atoms with Gasteiger partial charge in [-0.15, -0.1) is 0 Å². The second kappa shape index (κ2) is 5.98. The number of hydrogen-bond acceptors (Lipinski definition) is 3. The lowest BCUT2D eigenvalue weighted by atomic mass is 10.1. The van der Waals surface area contributed by atoms with Crippen LogP contribution in [0.2, 0.25) is 5.02 Å². The first-order valence-corrected chi connectivity index (χ1v) is 8.20. The molecule has 4 rings (SSSR count). The molecule has 0 saturated carbocycles. The lowest BCUT2D eigenvalue weighted by Gasteiger charge is -2.43. The molecule has 24 heavy (non-hydrogen) atoms. The fourth-order valence-corrected chi connectivity index (χ4v) is 3.67. The quantitative estimate of drug-likeness (QED) is 0.853. The number of amides is 1. The SMILES string of the molecule is O=C(c1[nH]c2ccc(F)c(Cl)c2c1F)N1CCN2CCOC[C@H]2C1. The van der Waals surface area contributed by atoms with E-state index in [2.05, 4.69) is 9.88 Å². The maximum Gasteiger partial charge on any atom is 0.273 e. The molecule has 1 aromatic carbocycles. The molecule has 0 radical (unpaired) electrons. The number of H-pyrrole nitrogens is 1. The molecule has 2 aromatic rings. The normalized spacial score (nSPS) is 22.0. The number of morpholine rings is 1. The number of carbonyl (C=O) groups is 1. The standard InChI is InChI=1S/C16H16ClF2N3O2/c17-13-10(18)1-2-11-12(13)14(19)15(20-11)16(23)22-4-3-21-5-6-24-8-9(21)7-22/h1-2,9,20H,3-8H2/t9-/m1/s1. The van der Waals surface area contributed by atoms with Crippen LogP contribution < -0.4 is 0 Å². The Balaban J connectivity index is 1.64. The van der Waals surface area contributed by atoms with Crippen LogP contribution in [0.3, 0.4) is 0 Å². The van der Waals surface area contributed by atoms with Gasteiger partial charge in [-0.1, -0.05) is 11.6 Å². The van der Waals surface area contributed by atoms with Crippen LogP contribution in [0.1, 0.15) is 10.5 Å². The minimum Gasteiger partial charge on any atom is -0.378 e. The molecule has 0 spiro atoms. The number of benzene rings is 1. The predicted octanol–water partition coefficient (Wildman–Crippen LogP) is 2.26. The molecule has 1 atom stereocenters. The molecule has 0 aliphatic carbocycles. The van der Waals surface area contributed by atoms with E-state index < -0.39 is 17.5 Å². The summed E-state index contributed by atoms with van der Waals surface area (Å²) in [5.41, 5.74) is 0.129. The van der Waals surface area contributed by atoms with Crippen molar-refractivity contribution in [3.63, 3.8) is 0 Å². The minimum atomic E-state index is -0.804. The summed E-state index contributed by atoms with van der Waals surface area (Å²) >= 11 is 5.84. The number of carbonyl (C=O) groups excluding carboxylic acids is 1. The van der Waals surface area contributed by atoms with Gasteiger partial charge in [-0.05, 0) is 12.1 Å². The Labute approximate surface area is 142 Å². The molecule has 3 heterocycles. The average molecular weight is 356 g/mol. The van der Waals surface area contributed by atoms with Crippen molar-refractivity contribution in [2.24, 2.45) is 0 Å². The molecule has 1 aromatic heterocycles. The van der Waals surface area contributed by atoms with Gasteiger partial charge in [0.25, 0.3) is 5.91 Å². The molecule has 1 N–H and O–H groups in total. The zero-order valence-corrected chi connectivity index (χ0v) is 13.6. The lowest BCUT2D eigenvalue weighted by Crippen LogP contribution is -2.59. The molecular weight excluding hydrogens is 340 g/mol. The van der Waals surface area contributed by atoms with Crippen LogP contribution in [0.25, 0.3) is 10.9 Å². The van der Waals surface area contributed by atoms with E-state index in [0.717, 1.165) is 19.2 Å². The zero-order valence-electron chi connectivity index (χ0n) is 12.8. The van der Waals surface area contributed by atoms with Crippen molar-refractivity contribution in [1.29, 1.82) is 0 Å². The molecule has 8 heteroatoms. The molecule has 5 nitrogen and oxygen atoms in total. The Morgan fingerprint density at radius 2 is 2.12 bits per heavy atom. The van der Waals surface area contributed by atoms with E-state index in [-0.39, 0.29) is 22.1 Å². The van der Waals surface area contributed by atoms with Crippen molar-refractivity contribution in [2.45, 2.75) is 6.04 Å². The van der Waals surface area contributed by atoms with Gasteiger partial charge in [0.2, 0.25) is 0 Å². The Hall–Kier alpha value is -1.70. The number of aromatic amines is 1. The molecular formula is C16H16ClF2N3O2. The monoisotopic (exact) mass is 355 g/mol. The van der Waals surface area contributed by atoms with Crippen LogP contribution >= 0.6 is 11.6 Å². The summed E-state index contributed by atoms with van der Waals surface area (Å²) in [4.78, 5) is 19.3. The highest BCUT2D eigenvalue weighted by Gasteiger charge is 2.34. The van der Waals surface area contributed by atoms with E-state index in [0.29, 0.717) is 31.8 Å². The van der Waals surface area contributed by atoms with Crippen LogP contribution in [0, 0.1) is 11.6 Å². The van der Waals surface area contributed by atoms with Gasteiger partial charge in [-0.2, -0.15) is 0 Å². The number of rotatable bonds is 1. The van der Waals surface area contributed by atoms with Gasteiger partial charge in [-0.25, -0.2) is 8.78 Å². The molecule has 0 unspecified atom stereocenters. The van der Waals surface area contributed by atoms with Gasteiger partial charge in [0.05, 0.1) is 35.2 Å². The molecule has 2 saturated heterocycles. The fraction of sp³-hybridized carbons (Fsp3) is 0.438. The van der Waals surface area contributed by atoms with Crippen molar-refractivity contribution in [3.8, 4) is 0 Å². The van der Waals surface area contributed by atoms with Crippen molar-refractivity contribution in [2.75, 3.05) is 39.4 Å². The number of halogens is 3. The highest BCUT2D eigenvalue weighted by atomic mass is 35.5. The second-order valence-corrected chi connectivity index (χ2v) is 6.49. The number of nitrogens with zero attached hydrogens (tertiary/aromatic N) is 2. The third-order valence-electron chi connectivity index (χ3n) is 4.73. The Morgan fingerprint density at radius 1 is 1.29 bits per heavy atom. The van der Waals surface area contributed by atoms with E-state index in [1.165, 1.54) is 6.07 Å². The smallest absolute Gasteiger partial charge is 0.273 e. The molecule has 2 aliphatic rings. The maximum absolute atomic E-state index is 14.6. The Bertz CT molecular complexity index is 810. The number of fused-ring (bicyclic) bond motifs is 2. The van der Waals surface area contributed by atoms with E-state index >= 15 is 0 Å². The highest BCUT2D eigenvalue weighted by Crippen LogP contribution is 2.31. The Morgan fingerprint density at radius 3 is 2.96 bits per heavy atom. The number of aromatic nitrogens is 1. The van der Waals surface area contributed by atoms with Gasteiger partial charge in [0.1, 0.15) is 11.5 Å². The number of hydrogen-bond donors (Lipinski definition) is 1. The van der Waals surface area contributed by atoms with Gasteiger partial charge >= 0.3 is 0 Å². The third kappa shape index (κ3) is 2.47. The average Bonchev–Trinajstić information content (AvgIpc) is 2.94. The summed E-state index contributed by atoms with van der Waals surface area (Å²) in [6.45, 7) is 3.85. The van der Waals surface area contributed by atoms with Crippen molar-refractivity contribution < 1.29 is 18.3 Å². The summed E-state index contributed by atoms with van der Waals surface area (Å²) in [6.07, 6.45) is 0. The predicted molar refractivity (Wildman–Crippen MR) is 85.3 cm³/mol. The van der Waals surface area contributed by atoms with Crippen molar-refractivity contribution >= 4 is 28.4 Å². The van der Waals surface area contributed by atoms with Gasteiger partial charge in [0, 0.05) is 26.2 Å². The van der Waals surface area contributed by atoms with Crippen LogP contribution in [0.5, 0.6) is 0 Å². The van der Waals surface area contributed by atoms with E-state index in [9.17, 15) is 13.6 Å². The van der Waals surface area contributed by atoms with E-state index in [1.54, 1.807) is 4.90 Å². The number of nitrogens with one attached hydrogen (secondary N) is 1. The zero-order chi connectivity index (χ0) is 16.8. The molecule has 0 bridgehead atoms. The van der Waals surface area contributed by atoms with Crippen LogP contribution in [-0.4, -0.2) is 66.1 Å². The van der Waals surface area contributed by atoms with Crippen molar-refractivity contribution in [3.05, 3.63) is 34.5 Å². The minimum absolute atomic E-state index is 0.0837. The largest absolute Gasteiger partial charge is 0.378 e.